The fraction of sp³-hybridized carbons (Fsp3) is 1.00. The standard InChI is InChI=1S/C30H58O/c1-3-5-7-9-11-12-13-15-17-27-18-20-28(21-19-27)29-22-24-30(25-23-29)31-26-16-14-10-8-6-4-2/h27-30H,3-26H2,1-2H3. The third kappa shape index (κ3) is 12.7. The van der Waals surface area contributed by atoms with Gasteiger partial charge in [0.25, 0.3) is 0 Å². The van der Waals surface area contributed by atoms with Gasteiger partial charge in [0.15, 0.2) is 0 Å². The van der Waals surface area contributed by atoms with E-state index in [1.807, 2.05) is 0 Å². The highest BCUT2D eigenvalue weighted by Crippen LogP contribution is 2.41. The first-order chi connectivity index (χ1) is 15.3. The van der Waals surface area contributed by atoms with Crippen molar-refractivity contribution in [3.05, 3.63) is 0 Å². The van der Waals surface area contributed by atoms with Gasteiger partial charge in [-0.1, -0.05) is 117 Å². The van der Waals surface area contributed by atoms with Crippen molar-refractivity contribution in [2.24, 2.45) is 17.8 Å². The summed E-state index contributed by atoms with van der Waals surface area (Å²) in [5, 5.41) is 0. The van der Waals surface area contributed by atoms with Gasteiger partial charge in [0.2, 0.25) is 0 Å². The second-order valence-electron chi connectivity index (χ2n) is 11.2. The summed E-state index contributed by atoms with van der Waals surface area (Å²) in [6, 6.07) is 0. The highest BCUT2D eigenvalue weighted by atomic mass is 16.5. The number of hydrogen-bond acceptors (Lipinski definition) is 1. The summed E-state index contributed by atoms with van der Waals surface area (Å²) in [6.07, 6.45) is 33.8. The van der Waals surface area contributed by atoms with Crippen molar-refractivity contribution in [2.45, 2.75) is 168 Å². The molecule has 1 heteroatoms. The molecular formula is C30H58O. The maximum absolute atomic E-state index is 6.23. The zero-order valence-electron chi connectivity index (χ0n) is 21.7. The molecule has 0 amide bonds. The number of ether oxygens (including phenoxy) is 1. The second kappa shape index (κ2) is 18.4. The minimum absolute atomic E-state index is 0.588. The van der Waals surface area contributed by atoms with Crippen molar-refractivity contribution in [3.8, 4) is 0 Å². The minimum atomic E-state index is 0.588. The van der Waals surface area contributed by atoms with E-state index in [0.29, 0.717) is 6.10 Å². The molecule has 0 bridgehead atoms. The maximum Gasteiger partial charge on any atom is 0.0575 e. The first-order valence-electron chi connectivity index (χ1n) is 14.9. The van der Waals surface area contributed by atoms with Gasteiger partial charge in [0, 0.05) is 6.61 Å². The van der Waals surface area contributed by atoms with Gasteiger partial charge in [0.05, 0.1) is 6.10 Å². The first kappa shape index (κ1) is 27.2. The van der Waals surface area contributed by atoms with Gasteiger partial charge in [-0.15, -0.1) is 0 Å². The van der Waals surface area contributed by atoms with Crippen LogP contribution >= 0.6 is 0 Å². The van der Waals surface area contributed by atoms with E-state index >= 15 is 0 Å². The number of rotatable bonds is 18. The van der Waals surface area contributed by atoms with Gasteiger partial charge in [-0.3, -0.25) is 0 Å². The maximum atomic E-state index is 6.23. The molecule has 184 valence electrons. The highest BCUT2D eigenvalue weighted by molar-refractivity contribution is 4.82. The van der Waals surface area contributed by atoms with Crippen LogP contribution < -0.4 is 0 Å². The van der Waals surface area contributed by atoms with E-state index in [1.54, 1.807) is 0 Å². The Balaban J connectivity index is 1.42. The van der Waals surface area contributed by atoms with Crippen LogP contribution in [0.3, 0.4) is 0 Å². The molecule has 0 aromatic rings. The van der Waals surface area contributed by atoms with Gasteiger partial charge in [-0.25, -0.2) is 0 Å². The molecule has 2 saturated carbocycles. The van der Waals surface area contributed by atoms with Crippen molar-refractivity contribution in [1.29, 1.82) is 0 Å². The highest BCUT2D eigenvalue weighted by Gasteiger charge is 2.30. The van der Waals surface area contributed by atoms with Gasteiger partial charge >= 0.3 is 0 Å². The Kier molecular flexibility index (Phi) is 16.1. The van der Waals surface area contributed by atoms with Crippen LogP contribution in [0.15, 0.2) is 0 Å². The van der Waals surface area contributed by atoms with Gasteiger partial charge in [-0.2, -0.15) is 0 Å². The second-order valence-corrected chi connectivity index (χ2v) is 11.2. The summed E-state index contributed by atoms with van der Waals surface area (Å²) in [4.78, 5) is 0. The molecule has 0 heterocycles. The van der Waals surface area contributed by atoms with Gasteiger partial charge < -0.3 is 4.74 Å². The SMILES string of the molecule is CCCCCCCCCCC1CCC(C2CCC(OCCCCCCCC)CC2)CC1. The van der Waals surface area contributed by atoms with Crippen molar-refractivity contribution >= 4 is 0 Å². The summed E-state index contributed by atoms with van der Waals surface area (Å²) < 4.78 is 6.23. The number of unbranched alkanes of at least 4 members (excludes halogenated alkanes) is 12. The molecule has 31 heavy (non-hydrogen) atoms. The lowest BCUT2D eigenvalue weighted by Crippen LogP contribution is -2.28. The van der Waals surface area contributed by atoms with Crippen molar-refractivity contribution in [3.63, 3.8) is 0 Å². The van der Waals surface area contributed by atoms with E-state index in [0.717, 1.165) is 24.4 Å². The van der Waals surface area contributed by atoms with Gasteiger partial charge in [-0.05, 0) is 62.7 Å². The van der Waals surface area contributed by atoms with Crippen LogP contribution in [0.25, 0.3) is 0 Å². The van der Waals surface area contributed by atoms with Crippen LogP contribution in [0.5, 0.6) is 0 Å². The average Bonchev–Trinajstić information content (AvgIpc) is 2.81. The lowest BCUT2D eigenvalue weighted by atomic mass is 9.70. The third-order valence-electron chi connectivity index (χ3n) is 8.59. The molecule has 2 aliphatic carbocycles. The molecule has 0 aliphatic heterocycles. The predicted molar refractivity (Wildman–Crippen MR) is 138 cm³/mol. The van der Waals surface area contributed by atoms with Crippen molar-refractivity contribution in [2.75, 3.05) is 6.61 Å². The topological polar surface area (TPSA) is 9.23 Å². The predicted octanol–water partition coefficient (Wildman–Crippen LogP) is 10.3. The third-order valence-corrected chi connectivity index (χ3v) is 8.59. The van der Waals surface area contributed by atoms with E-state index in [9.17, 15) is 0 Å². The molecule has 0 aromatic carbocycles. The molecule has 1 nitrogen and oxygen atoms in total. The fourth-order valence-electron chi connectivity index (χ4n) is 6.37. The molecule has 0 radical (unpaired) electrons. The number of hydrogen-bond donors (Lipinski definition) is 0. The molecule has 0 spiro atoms. The smallest absolute Gasteiger partial charge is 0.0575 e. The Hall–Kier alpha value is -0.0400. The molecule has 2 aliphatic rings. The average molecular weight is 435 g/mol. The van der Waals surface area contributed by atoms with E-state index in [2.05, 4.69) is 13.8 Å². The summed E-state index contributed by atoms with van der Waals surface area (Å²) in [5.74, 6) is 3.14. The van der Waals surface area contributed by atoms with Crippen molar-refractivity contribution < 1.29 is 4.74 Å². The quantitative estimate of drug-likeness (QED) is 0.195. The van der Waals surface area contributed by atoms with E-state index in [4.69, 9.17) is 4.74 Å². The Morgan fingerprint density at radius 2 is 0.935 bits per heavy atom. The molecule has 0 unspecified atom stereocenters. The lowest BCUT2D eigenvalue weighted by molar-refractivity contribution is 0.00526. The van der Waals surface area contributed by atoms with Crippen LogP contribution in [-0.4, -0.2) is 12.7 Å². The fourth-order valence-corrected chi connectivity index (χ4v) is 6.37. The molecule has 0 saturated heterocycles. The first-order valence-corrected chi connectivity index (χ1v) is 14.9. The van der Waals surface area contributed by atoms with Crippen molar-refractivity contribution in [1.82, 2.24) is 0 Å². The van der Waals surface area contributed by atoms with Gasteiger partial charge in [0.1, 0.15) is 0 Å². The van der Waals surface area contributed by atoms with E-state index in [1.165, 1.54) is 148 Å². The molecule has 2 fully saturated rings. The molecule has 2 rings (SSSR count). The zero-order valence-corrected chi connectivity index (χ0v) is 21.7. The van der Waals surface area contributed by atoms with Crippen LogP contribution in [0.1, 0.15) is 162 Å². The summed E-state index contributed by atoms with van der Waals surface area (Å²) in [5.41, 5.74) is 0. The molecule has 0 N–H and O–H groups in total. The summed E-state index contributed by atoms with van der Waals surface area (Å²) in [7, 11) is 0. The Bertz CT molecular complexity index is 376. The summed E-state index contributed by atoms with van der Waals surface area (Å²) in [6.45, 7) is 5.63. The normalized spacial score (nSPS) is 26.9. The Morgan fingerprint density at radius 3 is 1.48 bits per heavy atom. The molecule has 0 atom stereocenters. The zero-order chi connectivity index (χ0) is 22.0. The molecule has 0 aromatic heterocycles. The van der Waals surface area contributed by atoms with Crippen LogP contribution in [0.2, 0.25) is 0 Å². The van der Waals surface area contributed by atoms with Crippen LogP contribution in [0.4, 0.5) is 0 Å². The minimum Gasteiger partial charge on any atom is -0.378 e. The monoisotopic (exact) mass is 434 g/mol. The Morgan fingerprint density at radius 1 is 0.484 bits per heavy atom. The largest absolute Gasteiger partial charge is 0.378 e. The van der Waals surface area contributed by atoms with Crippen LogP contribution in [0, 0.1) is 17.8 Å². The lowest BCUT2D eigenvalue weighted by Gasteiger charge is -2.38. The van der Waals surface area contributed by atoms with E-state index < -0.39 is 0 Å². The Labute approximate surface area is 196 Å². The summed E-state index contributed by atoms with van der Waals surface area (Å²) >= 11 is 0. The van der Waals surface area contributed by atoms with E-state index in [-0.39, 0.29) is 0 Å². The van der Waals surface area contributed by atoms with Crippen LogP contribution in [-0.2, 0) is 4.74 Å². The molecular weight excluding hydrogens is 376 g/mol.